The first-order chi connectivity index (χ1) is 6.89. The van der Waals surface area contributed by atoms with E-state index in [2.05, 4.69) is 0 Å². The lowest BCUT2D eigenvalue weighted by Gasteiger charge is -2.16. The first kappa shape index (κ1) is 11.7. The molecule has 0 saturated carbocycles. The quantitative estimate of drug-likeness (QED) is 0.742. The van der Waals surface area contributed by atoms with Gasteiger partial charge in [0.2, 0.25) is 15.9 Å². The number of carbonyl (C=O) groups is 1. The van der Waals surface area contributed by atoms with Crippen molar-refractivity contribution >= 4 is 15.9 Å². The minimum absolute atomic E-state index is 0.00870. The number of carbonyl (C=O) groups excluding carboxylic acids is 1. The predicted molar refractivity (Wildman–Crippen MR) is 53.2 cm³/mol. The van der Waals surface area contributed by atoms with E-state index in [9.17, 15) is 13.2 Å². The average molecular weight is 232 g/mol. The highest BCUT2D eigenvalue weighted by atomic mass is 32.2. The van der Waals surface area contributed by atoms with Crippen LogP contribution in [0.4, 0.5) is 0 Å². The molecule has 0 saturated heterocycles. The summed E-state index contributed by atoms with van der Waals surface area (Å²) in [7, 11) is -3.46. The van der Waals surface area contributed by atoms with Crippen LogP contribution in [0, 0.1) is 0 Å². The van der Waals surface area contributed by atoms with Gasteiger partial charge in [0.25, 0.3) is 0 Å². The van der Waals surface area contributed by atoms with Crippen LogP contribution in [0.1, 0.15) is 5.76 Å². The van der Waals surface area contributed by atoms with E-state index >= 15 is 0 Å². The normalized spacial score (nSPS) is 11.9. The summed E-state index contributed by atoms with van der Waals surface area (Å²) in [5.74, 6) is -0.242. The molecule has 0 aliphatic carbocycles. The highest BCUT2D eigenvalue weighted by Gasteiger charge is 2.20. The number of furan rings is 1. The lowest BCUT2D eigenvalue weighted by molar-refractivity contribution is -0.118. The van der Waals surface area contributed by atoms with Gasteiger partial charge in [-0.25, -0.2) is 8.42 Å². The molecule has 15 heavy (non-hydrogen) atoms. The topological polar surface area (TPSA) is 93.6 Å². The molecule has 0 fully saturated rings. The van der Waals surface area contributed by atoms with E-state index in [-0.39, 0.29) is 13.1 Å². The summed E-state index contributed by atoms with van der Waals surface area (Å²) in [6, 6.07) is 3.26. The Morgan fingerprint density at radius 1 is 1.60 bits per heavy atom. The summed E-state index contributed by atoms with van der Waals surface area (Å²) in [6.45, 7) is -0.339. The van der Waals surface area contributed by atoms with Crippen LogP contribution in [-0.2, 0) is 21.4 Å². The third-order valence-electron chi connectivity index (χ3n) is 1.71. The summed E-state index contributed by atoms with van der Waals surface area (Å²) in [4.78, 5) is 10.7. The van der Waals surface area contributed by atoms with Crippen molar-refractivity contribution in [1.82, 2.24) is 4.31 Å². The first-order valence-electron chi connectivity index (χ1n) is 4.15. The molecule has 7 heteroatoms. The molecule has 0 unspecified atom stereocenters. The van der Waals surface area contributed by atoms with Gasteiger partial charge < -0.3 is 10.2 Å². The molecular weight excluding hydrogens is 220 g/mol. The summed E-state index contributed by atoms with van der Waals surface area (Å²) in [6.07, 6.45) is 2.44. The maximum atomic E-state index is 11.3. The number of sulfonamides is 1. The molecule has 84 valence electrons. The van der Waals surface area contributed by atoms with Crippen molar-refractivity contribution in [2.75, 3.05) is 12.8 Å². The lowest BCUT2D eigenvalue weighted by Crippen LogP contribution is -2.37. The van der Waals surface area contributed by atoms with Crippen LogP contribution in [-0.4, -0.2) is 31.4 Å². The summed E-state index contributed by atoms with van der Waals surface area (Å²) in [5, 5.41) is 0. The fourth-order valence-electron chi connectivity index (χ4n) is 1.04. The van der Waals surface area contributed by atoms with Crippen LogP contribution >= 0.6 is 0 Å². The highest BCUT2D eigenvalue weighted by Crippen LogP contribution is 2.08. The number of nitrogens with zero attached hydrogens (tertiary/aromatic N) is 1. The van der Waals surface area contributed by atoms with Crippen LogP contribution in [0.3, 0.4) is 0 Å². The first-order valence-corrected chi connectivity index (χ1v) is 6.00. The molecule has 0 spiro atoms. The van der Waals surface area contributed by atoms with E-state index in [1.807, 2.05) is 0 Å². The fraction of sp³-hybridized carbons (Fsp3) is 0.375. The Morgan fingerprint density at radius 2 is 2.27 bits per heavy atom. The standard InChI is InChI=1S/C8H12N2O4S/c1-15(12,13)10(6-8(9)11)5-7-3-2-4-14-7/h2-4H,5-6H2,1H3,(H2,9,11). The third-order valence-corrected chi connectivity index (χ3v) is 2.91. The Bertz CT molecular complexity index is 424. The molecule has 0 radical (unpaired) electrons. The van der Waals surface area contributed by atoms with Gasteiger partial charge in [0.1, 0.15) is 5.76 Å². The zero-order chi connectivity index (χ0) is 11.5. The van der Waals surface area contributed by atoms with E-state index < -0.39 is 15.9 Å². The Morgan fingerprint density at radius 3 is 2.67 bits per heavy atom. The van der Waals surface area contributed by atoms with Gasteiger partial charge >= 0.3 is 0 Å². The van der Waals surface area contributed by atoms with E-state index in [0.29, 0.717) is 5.76 Å². The second-order valence-electron chi connectivity index (χ2n) is 3.08. The van der Waals surface area contributed by atoms with Crippen LogP contribution < -0.4 is 5.73 Å². The minimum atomic E-state index is -3.46. The van der Waals surface area contributed by atoms with E-state index in [1.54, 1.807) is 12.1 Å². The van der Waals surface area contributed by atoms with Crippen molar-refractivity contribution in [3.05, 3.63) is 24.2 Å². The number of rotatable bonds is 5. The molecule has 1 heterocycles. The number of amides is 1. The maximum Gasteiger partial charge on any atom is 0.232 e. The second kappa shape index (κ2) is 4.45. The zero-order valence-electron chi connectivity index (χ0n) is 8.21. The van der Waals surface area contributed by atoms with E-state index in [0.717, 1.165) is 10.6 Å². The Balaban J connectivity index is 2.79. The average Bonchev–Trinajstić information content (AvgIpc) is 2.53. The summed E-state index contributed by atoms with van der Waals surface area (Å²) < 4.78 is 28.5. The monoisotopic (exact) mass is 232 g/mol. The third kappa shape index (κ3) is 3.72. The van der Waals surface area contributed by atoms with Gasteiger partial charge in [-0.3, -0.25) is 4.79 Å². The van der Waals surface area contributed by atoms with Gasteiger partial charge in [-0.05, 0) is 12.1 Å². The molecule has 1 aromatic rings. The van der Waals surface area contributed by atoms with Gasteiger partial charge in [0, 0.05) is 0 Å². The fourth-order valence-corrected chi connectivity index (χ4v) is 1.76. The van der Waals surface area contributed by atoms with Crippen molar-refractivity contribution in [2.24, 2.45) is 5.73 Å². The molecule has 0 aromatic carbocycles. The molecule has 1 amide bonds. The molecular formula is C8H12N2O4S. The summed E-state index contributed by atoms with van der Waals surface area (Å²) >= 11 is 0. The van der Waals surface area contributed by atoms with Crippen LogP contribution in [0.2, 0.25) is 0 Å². The van der Waals surface area contributed by atoms with Crippen molar-refractivity contribution in [2.45, 2.75) is 6.54 Å². The Labute approximate surface area is 87.7 Å². The van der Waals surface area contributed by atoms with E-state index in [4.69, 9.17) is 10.2 Å². The van der Waals surface area contributed by atoms with Crippen LogP contribution in [0.5, 0.6) is 0 Å². The van der Waals surface area contributed by atoms with Crippen molar-refractivity contribution in [1.29, 1.82) is 0 Å². The summed E-state index contributed by atoms with van der Waals surface area (Å²) in [5.41, 5.74) is 4.94. The molecule has 2 N–H and O–H groups in total. The Kier molecular flexibility index (Phi) is 3.48. The van der Waals surface area contributed by atoms with Crippen LogP contribution in [0.25, 0.3) is 0 Å². The smallest absolute Gasteiger partial charge is 0.232 e. The highest BCUT2D eigenvalue weighted by molar-refractivity contribution is 7.88. The molecule has 0 aliphatic rings. The van der Waals surface area contributed by atoms with E-state index in [1.165, 1.54) is 6.26 Å². The van der Waals surface area contributed by atoms with Crippen molar-refractivity contribution in [3.8, 4) is 0 Å². The van der Waals surface area contributed by atoms with Gasteiger partial charge in [-0.15, -0.1) is 0 Å². The van der Waals surface area contributed by atoms with Crippen LogP contribution in [0.15, 0.2) is 22.8 Å². The number of primary amides is 1. The molecule has 1 rings (SSSR count). The molecule has 1 aromatic heterocycles. The van der Waals surface area contributed by atoms with Crippen molar-refractivity contribution < 1.29 is 17.6 Å². The maximum absolute atomic E-state index is 11.3. The number of nitrogens with two attached hydrogens (primary N) is 1. The molecule has 0 atom stereocenters. The van der Waals surface area contributed by atoms with Gasteiger partial charge in [0.05, 0.1) is 25.6 Å². The molecule has 0 bridgehead atoms. The van der Waals surface area contributed by atoms with Gasteiger partial charge in [-0.1, -0.05) is 0 Å². The van der Waals surface area contributed by atoms with Gasteiger partial charge in [-0.2, -0.15) is 4.31 Å². The number of hydrogen-bond acceptors (Lipinski definition) is 4. The second-order valence-corrected chi connectivity index (χ2v) is 5.06. The molecule has 0 aliphatic heterocycles. The zero-order valence-corrected chi connectivity index (χ0v) is 9.03. The largest absolute Gasteiger partial charge is 0.468 e. The lowest BCUT2D eigenvalue weighted by atomic mass is 10.4. The minimum Gasteiger partial charge on any atom is -0.468 e. The van der Waals surface area contributed by atoms with Gasteiger partial charge in [0.15, 0.2) is 0 Å². The predicted octanol–water partition coefficient (Wildman–Crippen LogP) is -0.473. The Hall–Kier alpha value is -1.34. The van der Waals surface area contributed by atoms with Crippen molar-refractivity contribution in [3.63, 3.8) is 0 Å². The number of hydrogen-bond donors (Lipinski definition) is 1. The molecule has 6 nitrogen and oxygen atoms in total. The SMILES string of the molecule is CS(=O)(=O)N(CC(N)=O)Cc1ccco1.